The minimum absolute atomic E-state index is 0.0514. The molecule has 1 aromatic carbocycles. The maximum absolute atomic E-state index is 13.6. The zero-order valence-corrected chi connectivity index (χ0v) is 17.5. The van der Waals surface area contributed by atoms with Crippen LogP contribution >= 0.6 is 11.3 Å². The Labute approximate surface area is 170 Å². The number of benzene rings is 1. The number of nitrogens with one attached hydrogen (secondary N) is 1. The molecule has 2 aromatic rings. The van der Waals surface area contributed by atoms with E-state index in [4.69, 9.17) is 0 Å². The molecule has 0 radical (unpaired) electrons. The first-order chi connectivity index (χ1) is 13.5. The molecule has 4 rings (SSSR count). The summed E-state index contributed by atoms with van der Waals surface area (Å²) in [4.78, 5) is 33.5. The van der Waals surface area contributed by atoms with Crippen molar-refractivity contribution in [3.63, 3.8) is 0 Å². The first-order valence-corrected chi connectivity index (χ1v) is 11.0. The van der Waals surface area contributed by atoms with Gasteiger partial charge in [-0.25, -0.2) is 4.98 Å². The molecule has 1 fully saturated rings. The summed E-state index contributed by atoms with van der Waals surface area (Å²) < 4.78 is 0. The molecule has 1 N–H and O–H groups in total. The van der Waals surface area contributed by atoms with Crippen LogP contribution in [-0.4, -0.2) is 33.3 Å². The number of aryl methyl sites for hydroxylation is 1. The van der Waals surface area contributed by atoms with Crippen molar-refractivity contribution in [1.82, 2.24) is 9.88 Å². The van der Waals surface area contributed by atoms with E-state index in [-0.39, 0.29) is 23.8 Å². The summed E-state index contributed by atoms with van der Waals surface area (Å²) in [6, 6.07) is 7.73. The lowest BCUT2D eigenvalue weighted by Gasteiger charge is -2.52. The van der Waals surface area contributed by atoms with Gasteiger partial charge in [-0.05, 0) is 44.7 Å². The predicted octanol–water partition coefficient (Wildman–Crippen LogP) is 4.74. The first-order valence-electron chi connectivity index (χ1n) is 10.1. The van der Waals surface area contributed by atoms with Crippen LogP contribution in [0.4, 0.5) is 5.13 Å². The summed E-state index contributed by atoms with van der Waals surface area (Å²) >= 11 is 1.44. The van der Waals surface area contributed by atoms with Gasteiger partial charge >= 0.3 is 0 Å². The highest BCUT2D eigenvalue weighted by Gasteiger charge is 2.56. The Morgan fingerprint density at radius 2 is 2.07 bits per heavy atom. The van der Waals surface area contributed by atoms with Gasteiger partial charge in [-0.2, -0.15) is 0 Å². The van der Waals surface area contributed by atoms with Crippen LogP contribution in [-0.2, 0) is 4.79 Å². The van der Waals surface area contributed by atoms with Gasteiger partial charge in [0.1, 0.15) is 0 Å². The van der Waals surface area contributed by atoms with Gasteiger partial charge < -0.3 is 10.2 Å². The van der Waals surface area contributed by atoms with E-state index in [0.717, 1.165) is 43.4 Å². The van der Waals surface area contributed by atoms with Crippen molar-refractivity contribution in [3.8, 4) is 0 Å². The van der Waals surface area contributed by atoms with E-state index in [2.05, 4.69) is 24.1 Å². The largest absolute Gasteiger partial charge is 0.329 e. The fourth-order valence-corrected chi connectivity index (χ4v) is 5.71. The van der Waals surface area contributed by atoms with E-state index in [1.54, 1.807) is 0 Å². The molecule has 1 spiro atoms. The van der Waals surface area contributed by atoms with Crippen molar-refractivity contribution in [2.24, 2.45) is 0 Å². The number of thiazole rings is 1. The van der Waals surface area contributed by atoms with Gasteiger partial charge in [0, 0.05) is 17.0 Å². The van der Waals surface area contributed by atoms with Gasteiger partial charge in [0.15, 0.2) is 5.13 Å². The molecule has 2 aliphatic rings. The number of rotatable bonds is 4. The third-order valence-electron chi connectivity index (χ3n) is 6.35. The van der Waals surface area contributed by atoms with Crippen LogP contribution in [0.15, 0.2) is 29.6 Å². The average molecular weight is 398 g/mol. The van der Waals surface area contributed by atoms with Crippen LogP contribution in [0.25, 0.3) is 0 Å². The number of hydrogen-bond donors (Lipinski definition) is 1. The SMILES string of the molecule is CCC(C)N1C(=O)c2ccccc2C(C(=O)Nc2nc(C)cs2)C12CCCC2. The summed E-state index contributed by atoms with van der Waals surface area (Å²) in [5, 5.41) is 5.61. The van der Waals surface area contributed by atoms with Gasteiger partial charge in [0.25, 0.3) is 5.91 Å². The summed E-state index contributed by atoms with van der Waals surface area (Å²) in [7, 11) is 0. The molecule has 0 bridgehead atoms. The smallest absolute Gasteiger partial charge is 0.254 e. The van der Waals surface area contributed by atoms with Crippen molar-refractivity contribution in [3.05, 3.63) is 46.5 Å². The molecule has 2 atom stereocenters. The molecule has 1 aliphatic heterocycles. The van der Waals surface area contributed by atoms with Crippen LogP contribution in [0.2, 0.25) is 0 Å². The minimum Gasteiger partial charge on any atom is -0.329 e. The molecular formula is C22H27N3O2S. The van der Waals surface area contributed by atoms with Crippen molar-refractivity contribution in [2.45, 2.75) is 70.4 Å². The van der Waals surface area contributed by atoms with Crippen LogP contribution in [0.1, 0.15) is 73.5 Å². The fraction of sp³-hybridized carbons (Fsp3) is 0.500. The van der Waals surface area contributed by atoms with E-state index in [0.29, 0.717) is 10.7 Å². The lowest BCUT2D eigenvalue weighted by atomic mass is 9.70. The van der Waals surface area contributed by atoms with Crippen LogP contribution < -0.4 is 5.32 Å². The highest BCUT2D eigenvalue weighted by atomic mass is 32.1. The van der Waals surface area contributed by atoms with Gasteiger partial charge in [0.2, 0.25) is 5.91 Å². The first kappa shape index (κ1) is 19.1. The topological polar surface area (TPSA) is 62.3 Å². The Bertz CT molecular complexity index is 901. The van der Waals surface area contributed by atoms with E-state index >= 15 is 0 Å². The number of hydrogen-bond acceptors (Lipinski definition) is 4. The van der Waals surface area contributed by atoms with Gasteiger partial charge in [-0.15, -0.1) is 11.3 Å². The monoisotopic (exact) mass is 397 g/mol. The average Bonchev–Trinajstić information content (AvgIpc) is 3.31. The molecule has 2 heterocycles. The Hall–Kier alpha value is -2.21. The van der Waals surface area contributed by atoms with Crippen molar-refractivity contribution in [1.29, 1.82) is 0 Å². The summed E-state index contributed by atoms with van der Waals surface area (Å²) in [5.41, 5.74) is 1.98. The number of carbonyl (C=O) groups is 2. The molecule has 0 saturated heterocycles. The Morgan fingerprint density at radius 3 is 2.71 bits per heavy atom. The summed E-state index contributed by atoms with van der Waals surface area (Å²) in [6.45, 7) is 6.13. The molecule has 148 valence electrons. The van der Waals surface area contributed by atoms with Crippen molar-refractivity contribution < 1.29 is 9.59 Å². The molecule has 1 aliphatic carbocycles. The Morgan fingerprint density at radius 1 is 1.36 bits per heavy atom. The third-order valence-corrected chi connectivity index (χ3v) is 7.23. The zero-order chi connectivity index (χ0) is 19.9. The molecule has 1 saturated carbocycles. The second-order valence-electron chi connectivity index (χ2n) is 8.05. The van der Waals surface area contributed by atoms with Gasteiger partial charge in [0.05, 0.1) is 17.2 Å². The molecule has 6 heteroatoms. The number of anilines is 1. The summed E-state index contributed by atoms with van der Waals surface area (Å²) in [5.74, 6) is -0.354. The Balaban J connectivity index is 1.83. The quantitative estimate of drug-likeness (QED) is 0.810. The number of amides is 2. The standard InChI is InChI=1S/C22H27N3O2S/c1-4-15(3)25-20(27)17-10-6-5-9-16(17)18(22(25)11-7-8-12-22)19(26)24-21-23-14(2)13-28-21/h5-6,9-10,13,15,18H,4,7-8,11-12H2,1-3H3,(H,23,24,26). The highest BCUT2D eigenvalue weighted by molar-refractivity contribution is 7.13. The lowest BCUT2D eigenvalue weighted by molar-refractivity contribution is -0.121. The van der Waals surface area contributed by atoms with Crippen molar-refractivity contribution in [2.75, 3.05) is 5.32 Å². The predicted molar refractivity (Wildman–Crippen MR) is 112 cm³/mol. The Kier molecular flexibility index (Phi) is 5.00. The zero-order valence-electron chi connectivity index (χ0n) is 16.7. The van der Waals surface area contributed by atoms with E-state index in [9.17, 15) is 9.59 Å². The third kappa shape index (κ3) is 2.94. The minimum atomic E-state index is -0.447. The molecule has 1 aromatic heterocycles. The van der Waals surface area contributed by atoms with E-state index in [1.165, 1.54) is 11.3 Å². The normalized spacial score (nSPS) is 21.6. The van der Waals surface area contributed by atoms with Crippen molar-refractivity contribution >= 4 is 28.3 Å². The molecule has 5 nitrogen and oxygen atoms in total. The second-order valence-corrected chi connectivity index (χ2v) is 8.90. The number of aromatic nitrogens is 1. The maximum Gasteiger partial charge on any atom is 0.254 e. The lowest BCUT2D eigenvalue weighted by Crippen LogP contribution is -2.62. The van der Waals surface area contributed by atoms with Crippen LogP contribution in [0.5, 0.6) is 0 Å². The van der Waals surface area contributed by atoms with E-state index < -0.39 is 5.54 Å². The van der Waals surface area contributed by atoms with Gasteiger partial charge in [-0.3, -0.25) is 9.59 Å². The number of carbonyl (C=O) groups excluding carboxylic acids is 2. The molecular weight excluding hydrogens is 370 g/mol. The summed E-state index contributed by atoms with van der Waals surface area (Å²) in [6.07, 6.45) is 4.69. The number of nitrogens with zero attached hydrogens (tertiary/aromatic N) is 2. The van der Waals surface area contributed by atoms with Crippen LogP contribution in [0.3, 0.4) is 0 Å². The van der Waals surface area contributed by atoms with Crippen LogP contribution in [0, 0.1) is 6.92 Å². The maximum atomic E-state index is 13.6. The highest BCUT2D eigenvalue weighted by Crippen LogP contribution is 2.51. The molecule has 2 unspecified atom stereocenters. The molecule has 2 amide bonds. The van der Waals surface area contributed by atoms with E-state index in [1.807, 2.05) is 41.5 Å². The number of fused-ring (bicyclic) bond motifs is 1. The van der Waals surface area contributed by atoms with Gasteiger partial charge in [-0.1, -0.05) is 38.0 Å². The fourth-order valence-electron chi connectivity index (χ4n) is 5.02. The molecule has 28 heavy (non-hydrogen) atoms. The second kappa shape index (κ2) is 7.32.